The highest BCUT2D eigenvalue weighted by atomic mass is 16.1. The molecule has 22 heavy (non-hydrogen) atoms. The number of nitrogens with one attached hydrogen (secondary N) is 1. The Morgan fingerprint density at radius 3 is 2.55 bits per heavy atom. The van der Waals surface area contributed by atoms with Crippen LogP contribution in [-0.4, -0.2) is 16.8 Å². The summed E-state index contributed by atoms with van der Waals surface area (Å²) in [7, 11) is 1.85. The Hall–Kier alpha value is -1.94. The maximum absolute atomic E-state index is 12.5. The molecule has 118 valence electrons. The third-order valence-corrected chi connectivity index (χ3v) is 3.61. The minimum atomic E-state index is -0.00318. The van der Waals surface area contributed by atoms with Crippen molar-refractivity contribution < 1.29 is 0 Å². The van der Waals surface area contributed by atoms with E-state index in [-0.39, 0.29) is 5.56 Å². The molecule has 4 nitrogen and oxygen atoms in total. The molecule has 0 aliphatic rings. The number of nitrogens with zero attached hydrogens (tertiary/aromatic N) is 2. The van der Waals surface area contributed by atoms with E-state index < -0.39 is 0 Å². The zero-order valence-electron chi connectivity index (χ0n) is 14.1. The highest BCUT2D eigenvalue weighted by Crippen LogP contribution is 2.22. The number of benzene rings is 1. The Kier molecular flexibility index (Phi) is 5.14. The molecule has 2 rings (SSSR count). The van der Waals surface area contributed by atoms with E-state index in [2.05, 4.69) is 56.3 Å². The second kappa shape index (κ2) is 6.88. The fourth-order valence-corrected chi connectivity index (χ4v) is 2.62. The van der Waals surface area contributed by atoms with Gasteiger partial charge in [0, 0.05) is 24.2 Å². The first-order chi connectivity index (χ1) is 10.4. The average molecular weight is 299 g/mol. The van der Waals surface area contributed by atoms with Crippen LogP contribution in [0.4, 0.5) is 0 Å². The van der Waals surface area contributed by atoms with Crippen LogP contribution in [0.5, 0.6) is 0 Å². The Balaban J connectivity index is 2.59. The second-order valence-corrected chi connectivity index (χ2v) is 6.28. The summed E-state index contributed by atoms with van der Waals surface area (Å²) in [6.07, 6.45) is 0. The summed E-state index contributed by atoms with van der Waals surface area (Å²) in [5.74, 6) is 0.377. The summed E-state index contributed by atoms with van der Waals surface area (Å²) in [6.45, 7) is 9.53. The van der Waals surface area contributed by atoms with Gasteiger partial charge >= 0.3 is 0 Å². The first kappa shape index (κ1) is 16.4. The number of aromatic nitrogens is 2. The molecule has 0 fully saturated rings. The van der Waals surface area contributed by atoms with Gasteiger partial charge in [0.2, 0.25) is 0 Å². The number of hydrogen-bond donors (Lipinski definition) is 1. The van der Waals surface area contributed by atoms with Gasteiger partial charge in [-0.25, -0.2) is 4.68 Å². The molecule has 0 unspecified atom stereocenters. The van der Waals surface area contributed by atoms with E-state index in [0.29, 0.717) is 19.0 Å². The quantitative estimate of drug-likeness (QED) is 0.923. The topological polar surface area (TPSA) is 46.9 Å². The van der Waals surface area contributed by atoms with Gasteiger partial charge in [-0.05, 0) is 38.4 Å². The van der Waals surface area contributed by atoms with Gasteiger partial charge < -0.3 is 5.32 Å². The normalized spacial score (nSPS) is 11.2. The van der Waals surface area contributed by atoms with E-state index in [4.69, 9.17) is 0 Å². The zero-order chi connectivity index (χ0) is 16.3. The molecule has 1 heterocycles. The van der Waals surface area contributed by atoms with Gasteiger partial charge in [-0.2, -0.15) is 5.10 Å². The number of aryl methyl sites for hydroxylation is 2. The fourth-order valence-electron chi connectivity index (χ4n) is 2.62. The van der Waals surface area contributed by atoms with Crippen molar-refractivity contribution in [3.63, 3.8) is 0 Å². The first-order valence-corrected chi connectivity index (χ1v) is 7.75. The minimum Gasteiger partial charge on any atom is -0.315 e. The van der Waals surface area contributed by atoms with Crippen molar-refractivity contribution in [2.45, 2.75) is 40.8 Å². The molecule has 0 aliphatic heterocycles. The van der Waals surface area contributed by atoms with E-state index in [1.54, 1.807) is 4.68 Å². The molecule has 0 saturated heterocycles. The summed E-state index contributed by atoms with van der Waals surface area (Å²) < 4.78 is 1.60. The smallest absolute Gasteiger partial charge is 0.271 e. The van der Waals surface area contributed by atoms with Gasteiger partial charge in [0.15, 0.2) is 0 Å². The van der Waals surface area contributed by atoms with Gasteiger partial charge in [0.05, 0.1) is 5.69 Å². The van der Waals surface area contributed by atoms with Crippen LogP contribution in [0.25, 0.3) is 11.3 Å². The van der Waals surface area contributed by atoms with Crippen molar-refractivity contribution >= 4 is 0 Å². The fraction of sp³-hybridized carbons (Fsp3) is 0.444. The predicted octanol–water partition coefficient (Wildman–Crippen LogP) is 2.90. The van der Waals surface area contributed by atoms with E-state index in [1.165, 1.54) is 11.1 Å². The molecule has 0 bridgehead atoms. The van der Waals surface area contributed by atoms with Gasteiger partial charge in [-0.1, -0.05) is 37.6 Å². The van der Waals surface area contributed by atoms with Crippen LogP contribution < -0.4 is 10.9 Å². The molecule has 2 aromatic rings. The van der Waals surface area contributed by atoms with Gasteiger partial charge in [0.25, 0.3) is 5.56 Å². The molecule has 1 aromatic heterocycles. The first-order valence-electron chi connectivity index (χ1n) is 7.75. The lowest BCUT2D eigenvalue weighted by atomic mass is 10.0. The van der Waals surface area contributed by atoms with E-state index in [9.17, 15) is 4.79 Å². The number of hydrogen-bond acceptors (Lipinski definition) is 3. The van der Waals surface area contributed by atoms with Crippen LogP contribution in [0.3, 0.4) is 0 Å². The second-order valence-electron chi connectivity index (χ2n) is 6.28. The SMILES string of the molecule is CNCc1cc(-c2ccc(C)cc2C)nn(CC(C)C)c1=O. The van der Waals surface area contributed by atoms with E-state index in [1.807, 2.05) is 13.1 Å². The maximum atomic E-state index is 12.5. The molecule has 1 aromatic carbocycles. The highest BCUT2D eigenvalue weighted by Gasteiger charge is 2.12. The lowest BCUT2D eigenvalue weighted by molar-refractivity contribution is 0.461. The molecular weight excluding hydrogens is 274 g/mol. The third kappa shape index (κ3) is 3.63. The average Bonchev–Trinajstić information content (AvgIpc) is 2.43. The Morgan fingerprint density at radius 2 is 1.95 bits per heavy atom. The van der Waals surface area contributed by atoms with Crippen molar-refractivity contribution in [1.29, 1.82) is 0 Å². The van der Waals surface area contributed by atoms with Crippen molar-refractivity contribution in [3.05, 3.63) is 51.3 Å². The molecule has 1 N–H and O–H groups in total. The van der Waals surface area contributed by atoms with Gasteiger partial charge in [-0.15, -0.1) is 0 Å². The Morgan fingerprint density at radius 1 is 1.23 bits per heavy atom. The van der Waals surface area contributed by atoms with Crippen LogP contribution in [0.2, 0.25) is 0 Å². The molecule has 0 amide bonds. The number of rotatable bonds is 5. The van der Waals surface area contributed by atoms with Crippen LogP contribution >= 0.6 is 0 Å². The van der Waals surface area contributed by atoms with Crippen molar-refractivity contribution in [1.82, 2.24) is 15.1 Å². The van der Waals surface area contributed by atoms with Crippen LogP contribution in [0.15, 0.2) is 29.1 Å². The summed E-state index contributed by atoms with van der Waals surface area (Å²) >= 11 is 0. The molecule has 0 saturated carbocycles. The van der Waals surface area contributed by atoms with Gasteiger partial charge in [0.1, 0.15) is 0 Å². The minimum absolute atomic E-state index is 0.00318. The zero-order valence-corrected chi connectivity index (χ0v) is 14.1. The molecule has 0 atom stereocenters. The summed E-state index contributed by atoms with van der Waals surface area (Å²) in [5, 5.41) is 7.66. The van der Waals surface area contributed by atoms with Crippen LogP contribution in [0.1, 0.15) is 30.5 Å². The summed E-state index contributed by atoms with van der Waals surface area (Å²) in [5.41, 5.74) is 5.11. The summed E-state index contributed by atoms with van der Waals surface area (Å²) in [6, 6.07) is 8.22. The maximum Gasteiger partial charge on any atom is 0.271 e. The molecular formula is C18H25N3O. The van der Waals surface area contributed by atoms with Crippen molar-refractivity contribution in [3.8, 4) is 11.3 Å². The molecule has 0 aliphatic carbocycles. The molecule has 0 spiro atoms. The monoisotopic (exact) mass is 299 g/mol. The lowest BCUT2D eigenvalue weighted by Gasteiger charge is -2.14. The van der Waals surface area contributed by atoms with Crippen molar-refractivity contribution in [2.24, 2.45) is 5.92 Å². The van der Waals surface area contributed by atoms with Crippen LogP contribution in [-0.2, 0) is 13.1 Å². The van der Waals surface area contributed by atoms with Gasteiger partial charge in [-0.3, -0.25) is 4.79 Å². The largest absolute Gasteiger partial charge is 0.315 e. The Labute approximate surface area is 132 Å². The third-order valence-electron chi connectivity index (χ3n) is 3.61. The summed E-state index contributed by atoms with van der Waals surface area (Å²) in [4.78, 5) is 12.5. The highest BCUT2D eigenvalue weighted by molar-refractivity contribution is 5.64. The Bertz CT molecular complexity index is 717. The van der Waals surface area contributed by atoms with Crippen molar-refractivity contribution in [2.75, 3.05) is 7.05 Å². The van der Waals surface area contributed by atoms with E-state index >= 15 is 0 Å². The molecule has 0 radical (unpaired) electrons. The predicted molar refractivity (Wildman–Crippen MR) is 91.0 cm³/mol. The standard InChI is InChI=1S/C18H25N3O/c1-12(2)11-21-18(22)15(10-19-5)9-17(20-21)16-7-6-13(3)8-14(16)4/h6-9,12,19H,10-11H2,1-5H3. The van der Waals surface area contributed by atoms with Crippen LogP contribution in [0, 0.1) is 19.8 Å². The molecule has 4 heteroatoms. The lowest BCUT2D eigenvalue weighted by Crippen LogP contribution is -2.30. The van der Waals surface area contributed by atoms with E-state index in [0.717, 1.165) is 16.8 Å².